The Balaban J connectivity index is 1.38. The van der Waals surface area contributed by atoms with E-state index in [1.165, 1.54) is 0 Å². The van der Waals surface area contributed by atoms with Crippen LogP contribution in [-0.4, -0.2) is 50.8 Å². The normalized spacial score (nSPS) is 14.7. The second-order valence-electron chi connectivity index (χ2n) is 7.21. The number of nitrogens with one attached hydrogen (secondary N) is 1. The zero-order valence-electron chi connectivity index (χ0n) is 16.9. The number of rotatable bonds is 5. The van der Waals surface area contributed by atoms with Crippen molar-refractivity contribution in [2.45, 2.75) is 24.9 Å². The Kier molecular flexibility index (Phi) is 5.89. The summed E-state index contributed by atoms with van der Waals surface area (Å²) in [7, 11) is 0. The summed E-state index contributed by atoms with van der Waals surface area (Å²) in [5, 5.41) is 7.45. The maximum atomic E-state index is 13.0. The maximum absolute atomic E-state index is 13.0. The molecule has 3 aromatic rings. The van der Waals surface area contributed by atoms with E-state index >= 15 is 0 Å². The molecule has 156 valence electrons. The van der Waals surface area contributed by atoms with Crippen LogP contribution in [0.4, 0.5) is 5.82 Å². The Morgan fingerprint density at radius 3 is 2.73 bits per heavy atom. The highest BCUT2D eigenvalue weighted by Crippen LogP contribution is 2.23. The van der Waals surface area contributed by atoms with E-state index in [0.29, 0.717) is 43.1 Å². The van der Waals surface area contributed by atoms with E-state index < -0.39 is 0 Å². The van der Waals surface area contributed by atoms with Gasteiger partial charge in [0.15, 0.2) is 11.0 Å². The second kappa shape index (κ2) is 8.74. The molecule has 9 heteroatoms. The monoisotopic (exact) mass is 425 g/mol. The van der Waals surface area contributed by atoms with Crippen LogP contribution in [0.25, 0.3) is 5.69 Å². The first-order valence-corrected chi connectivity index (χ1v) is 11.0. The van der Waals surface area contributed by atoms with Crippen molar-refractivity contribution < 1.29 is 14.1 Å². The number of thioether (sulfide) groups is 1. The van der Waals surface area contributed by atoms with Crippen molar-refractivity contribution in [1.82, 2.24) is 19.6 Å². The van der Waals surface area contributed by atoms with Gasteiger partial charge in [-0.2, -0.15) is 0 Å². The molecule has 0 bridgehead atoms. The fourth-order valence-electron chi connectivity index (χ4n) is 3.61. The van der Waals surface area contributed by atoms with Crippen LogP contribution in [0.1, 0.15) is 29.0 Å². The number of imidazole rings is 1. The summed E-state index contributed by atoms with van der Waals surface area (Å²) >= 11 is 1.55. The Bertz CT molecular complexity index is 1050. The first-order chi connectivity index (χ1) is 14.5. The summed E-state index contributed by atoms with van der Waals surface area (Å²) in [5.74, 6) is 0.827. The van der Waals surface area contributed by atoms with Crippen molar-refractivity contribution in [2.24, 2.45) is 5.92 Å². The van der Waals surface area contributed by atoms with Crippen LogP contribution >= 0.6 is 11.8 Å². The summed E-state index contributed by atoms with van der Waals surface area (Å²) in [5.41, 5.74) is 1.54. The number of anilines is 1. The quantitative estimate of drug-likeness (QED) is 0.630. The molecule has 0 spiro atoms. The number of benzene rings is 1. The summed E-state index contributed by atoms with van der Waals surface area (Å²) < 4.78 is 6.94. The highest BCUT2D eigenvalue weighted by molar-refractivity contribution is 7.98. The van der Waals surface area contributed by atoms with E-state index in [1.807, 2.05) is 46.2 Å². The zero-order valence-corrected chi connectivity index (χ0v) is 17.7. The Morgan fingerprint density at radius 1 is 1.23 bits per heavy atom. The number of aromatic nitrogens is 3. The number of piperidine rings is 1. The Morgan fingerprint density at radius 2 is 2.03 bits per heavy atom. The van der Waals surface area contributed by atoms with Crippen molar-refractivity contribution >= 4 is 29.4 Å². The summed E-state index contributed by atoms with van der Waals surface area (Å²) in [6.45, 7) is 2.86. The zero-order chi connectivity index (χ0) is 21.1. The minimum atomic E-state index is -0.146. The molecular weight excluding hydrogens is 402 g/mol. The van der Waals surface area contributed by atoms with E-state index in [-0.39, 0.29) is 17.7 Å². The van der Waals surface area contributed by atoms with E-state index in [1.54, 1.807) is 30.9 Å². The molecule has 2 amide bonds. The predicted octanol–water partition coefficient (Wildman–Crippen LogP) is 3.38. The van der Waals surface area contributed by atoms with Gasteiger partial charge in [0.1, 0.15) is 5.76 Å². The number of hydrogen-bond donors (Lipinski definition) is 1. The van der Waals surface area contributed by atoms with Gasteiger partial charge in [0.25, 0.3) is 5.91 Å². The average molecular weight is 426 g/mol. The molecule has 1 aliphatic heterocycles. The molecule has 0 unspecified atom stereocenters. The molecule has 3 heterocycles. The van der Waals surface area contributed by atoms with Crippen LogP contribution in [0.5, 0.6) is 0 Å². The van der Waals surface area contributed by atoms with Crippen LogP contribution in [0, 0.1) is 12.8 Å². The molecule has 1 saturated heterocycles. The minimum absolute atomic E-state index is 0.0198. The number of amides is 2. The molecular formula is C21H23N5O3S. The second-order valence-corrected chi connectivity index (χ2v) is 7.99. The molecule has 1 aliphatic rings. The Hall–Kier alpha value is -3.07. The van der Waals surface area contributed by atoms with Crippen LogP contribution in [0.3, 0.4) is 0 Å². The highest BCUT2D eigenvalue weighted by atomic mass is 32.2. The fraction of sp³-hybridized carbons (Fsp3) is 0.333. The summed E-state index contributed by atoms with van der Waals surface area (Å²) in [6.07, 6.45) is 6.84. The van der Waals surface area contributed by atoms with Crippen molar-refractivity contribution in [3.63, 3.8) is 0 Å². The SMILES string of the molecule is CSc1nccn1-c1cccc(C(=O)N2CCC(C(=O)Nc3cc(C)on3)CC2)c1. The van der Waals surface area contributed by atoms with Crippen LogP contribution in [-0.2, 0) is 4.79 Å². The van der Waals surface area contributed by atoms with Gasteiger partial charge in [-0.3, -0.25) is 14.2 Å². The number of carbonyl (C=O) groups excluding carboxylic acids is 2. The molecule has 4 rings (SSSR count). The van der Waals surface area contributed by atoms with Crippen LogP contribution < -0.4 is 5.32 Å². The minimum Gasteiger partial charge on any atom is -0.360 e. The molecule has 0 saturated carbocycles. The first-order valence-electron chi connectivity index (χ1n) is 9.76. The highest BCUT2D eigenvalue weighted by Gasteiger charge is 2.28. The molecule has 30 heavy (non-hydrogen) atoms. The topological polar surface area (TPSA) is 93.3 Å². The van der Waals surface area contributed by atoms with Gasteiger partial charge < -0.3 is 14.7 Å². The van der Waals surface area contributed by atoms with Crippen molar-refractivity contribution in [3.05, 3.63) is 54.0 Å². The molecule has 1 fully saturated rings. The lowest BCUT2D eigenvalue weighted by atomic mass is 9.95. The van der Waals surface area contributed by atoms with Crippen LogP contribution in [0.15, 0.2) is 52.4 Å². The Labute approximate surface area is 178 Å². The molecule has 8 nitrogen and oxygen atoms in total. The third-order valence-electron chi connectivity index (χ3n) is 5.19. The van der Waals surface area contributed by atoms with Crippen LogP contribution in [0.2, 0.25) is 0 Å². The van der Waals surface area contributed by atoms with Gasteiger partial charge in [-0.05, 0) is 44.2 Å². The van der Waals surface area contributed by atoms with Crippen molar-refractivity contribution in [2.75, 3.05) is 24.7 Å². The number of nitrogens with zero attached hydrogens (tertiary/aromatic N) is 4. The molecule has 1 aromatic carbocycles. The van der Waals surface area contributed by atoms with Gasteiger partial charge in [0, 0.05) is 48.7 Å². The van der Waals surface area contributed by atoms with E-state index in [2.05, 4.69) is 15.5 Å². The van der Waals surface area contributed by atoms with E-state index in [4.69, 9.17) is 4.52 Å². The third-order valence-corrected chi connectivity index (χ3v) is 5.86. The first kappa shape index (κ1) is 20.2. The number of carbonyl (C=O) groups is 2. The van der Waals surface area contributed by atoms with Gasteiger partial charge in [0.2, 0.25) is 5.91 Å². The number of aryl methyl sites for hydroxylation is 1. The number of likely N-dealkylation sites (tertiary alicyclic amines) is 1. The lowest BCUT2D eigenvalue weighted by molar-refractivity contribution is -0.121. The van der Waals surface area contributed by atoms with Gasteiger partial charge in [-0.15, -0.1) is 0 Å². The van der Waals surface area contributed by atoms with Gasteiger partial charge in [-0.1, -0.05) is 23.0 Å². The van der Waals surface area contributed by atoms with E-state index in [0.717, 1.165) is 10.8 Å². The van der Waals surface area contributed by atoms with Gasteiger partial charge >= 0.3 is 0 Å². The standard InChI is InChI=1S/C21H23N5O3S/c1-14-12-18(24-29-14)23-19(27)15-6-9-25(10-7-15)20(28)16-4-3-5-17(13-16)26-11-8-22-21(26)30-2/h3-5,8,11-13,15H,6-7,9-10H2,1-2H3,(H,23,24,27). The fourth-order valence-corrected chi connectivity index (χ4v) is 4.14. The summed E-state index contributed by atoms with van der Waals surface area (Å²) in [6, 6.07) is 9.24. The van der Waals surface area contributed by atoms with Gasteiger partial charge in [0.05, 0.1) is 0 Å². The predicted molar refractivity (Wildman–Crippen MR) is 114 cm³/mol. The van der Waals surface area contributed by atoms with Gasteiger partial charge in [-0.25, -0.2) is 4.98 Å². The average Bonchev–Trinajstić information content (AvgIpc) is 3.42. The number of hydrogen-bond acceptors (Lipinski definition) is 6. The molecule has 1 N–H and O–H groups in total. The molecule has 0 radical (unpaired) electrons. The summed E-state index contributed by atoms with van der Waals surface area (Å²) in [4.78, 5) is 31.6. The van der Waals surface area contributed by atoms with Crippen molar-refractivity contribution in [3.8, 4) is 5.69 Å². The largest absolute Gasteiger partial charge is 0.360 e. The lowest BCUT2D eigenvalue weighted by Gasteiger charge is -2.31. The maximum Gasteiger partial charge on any atom is 0.253 e. The smallest absolute Gasteiger partial charge is 0.253 e. The van der Waals surface area contributed by atoms with Crippen molar-refractivity contribution in [1.29, 1.82) is 0 Å². The molecule has 0 aliphatic carbocycles. The molecule has 0 atom stereocenters. The molecule has 2 aromatic heterocycles. The lowest BCUT2D eigenvalue weighted by Crippen LogP contribution is -2.41. The third kappa shape index (κ3) is 4.25. The van der Waals surface area contributed by atoms with E-state index in [9.17, 15) is 9.59 Å².